The molecule has 4 rings (SSSR count). The normalized spacial score (nSPS) is 11.0. The first-order chi connectivity index (χ1) is 14.5. The highest BCUT2D eigenvalue weighted by Crippen LogP contribution is 2.27. The third-order valence-electron chi connectivity index (χ3n) is 4.82. The van der Waals surface area contributed by atoms with E-state index in [0.717, 1.165) is 16.9 Å². The van der Waals surface area contributed by atoms with Crippen molar-refractivity contribution in [1.82, 2.24) is 14.9 Å². The first kappa shape index (κ1) is 20.3. The van der Waals surface area contributed by atoms with Crippen molar-refractivity contribution in [3.63, 3.8) is 0 Å². The number of amides is 1. The van der Waals surface area contributed by atoms with Crippen LogP contribution in [0.2, 0.25) is 5.02 Å². The second-order valence-electron chi connectivity index (χ2n) is 6.78. The topological polar surface area (TPSA) is 64.0 Å². The highest BCUT2D eigenvalue weighted by molar-refractivity contribution is 7.20. The second kappa shape index (κ2) is 8.38. The van der Waals surface area contributed by atoms with Crippen molar-refractivity contribution in [2.75, 3.05) is 0 Å². The van der Waals surface area contributed by atoms with E-state index < -0.39 is 0 Å². The summed E-state index contributed by atoms with van der Waals surface area (Å²) in [7, 11) is 0. The number of rotatable bonds is 5. The molecule has 0 bridgehead atoms. The molecule has 1 amide bonds. The van der Waals surface area contributed by atoms with Crippen LogP contribution in [0.1, 0.15) is 26.4 Å². The Labute approximate surface area is 180 Å². The molecule has 0 atom stereocenters. The smallest absolute Gasteiger partial charge is 0.262 e. The van der Waals surface area contributed by atoms with E-state index in [4.69, 9.17) is 11.6 Å². The molecule has 0 radical (unpaired) electrons. The van der Waals surface area contributed by atoms with E-state index in [9.17, 15) is 14.0 Å². The number of nitrogens with zero attached hydrogens (tertiary/aromatic N) is 2. The van der Waals surface area contributed by atoms with Crippen LogP contribution in [-0.2, 0) is 13.1 Å². The molecule has 5 nitrogen and oxygen atoms in total. The van der Waals surface area contributed by atoms with Gasteiger partial charge in [-0.05, 0) is 30.2 Å². The number of nitrogens with one attached hydrogen (secondary N) is 1. The largest absolute Gasteiger partial charge is 0.347 e. The molecule has 2 heterocycles. The number of carbonyl (C=O) groups excluding carboxylic acids is 1. The zero-order valence-electron chi connectivity index (χ0n) is 16.0. The van der Waals surface area contributed by atoms with Gasteiger partial charge in [0.2, 0.25) is 0 Å². The zero-order chi connectivity index (χ0) is 21.3. The van der Waals surface area contributed by atoms with Crippen molar-refractivity contribution in [1.29, 1.82) is 0 Å². The van der Waals surface area contributed by atoms with E-state index in [2.05, 4.69) is 10.3 Å². The van der Waals surface area contributed by atoms with Gasteiger partial charge < -0.3 is 5.32 Å². The molecule has 30 heavy (non-hydrogen) atoms. The summed E-state index contributed by atoms with van der Waals surface area (Å²) in [4.78, 5) is 30.9. The van der Waals surface area contributed by atoms with Crippen molar-refractivity contribution in [3.05, 3.63) is 97.6 Å². The van der Waals surface area contributed by atoms with E-state index in [-0.39, 0.29) is 30.4 Å². The van der Waals surface area contributed by atoms with Crippen molar-refractivity contribution < 1.29 is 9.18 Å². The summed E-state index contributed by atoms with van der Waals surface area (Å²) in [6, 6.07) is 13.6. The van der Waals surface area contributed by atoms with Crippen molar-refractivity contribution >= 4 is 39.1 Å². The third-order valence-corrected chi connectivity index (χ3v) is 6.39. The standard InChI is InChI=1S/C22H17ClFN3O2S/c1-13-18-21(26-12-27(22(18)29)11-15-7-3-5-9-17(15)24)30-19(13)20(28)25-10-14-6-2-4-8-16(14)23/h2-9,12H,10-11H2,1H3,(H,25,28). The first-order valence-corrected chi connectivity index (χ1v) is 10.4. The molecule has 8 heteroatoms. The number of hydrogen-bond donors (Lipinski definition) is 1. The number of thiophene rings is 1. The molecule has 0 aliphatic carbocycles. The summed E-state index contributed by atoms with van der Waals surface area (Å²) in [5.41, 5.74) is 1.46. The van der Waals surface area contributed by atoms with Crippen LogP contribution >= 0.6 is 22.9 Å². The average Bonchev–Trinajstić information content (AvgIpc) is 3.08. The van der Waals surface area contributed by atoms with Gasteiger partial charge in [-0.25, -0.2) is 9.37 Å². The lowest BCUT2D eigenvalue weighted by molar-refractivity contribution is 0.0954. The Morgan fingerprint density at radius 1 is 1.17 bits per heavy atom. The zero-order valence-corrected chi connectivity index (χ0v) is 17.6. The quantitative estimate of drug-likeness (QED) is 0.494. The summed E-state index contributed by atoms with van der Waals surface area (Å²) in [6.07, 6.45) is 1.39. The lowest BCUT2D eigenvalue weighted by Gasteiger charge is -2.07. The molecule has 0 aliphatic rings. The third kappa shape index (κ3) is 3.86. The highest BCUT2D eigenvalue weighted by Gasteiger charge is 2.20. The second-order valence-corrected chi connectivity index (χ2v) is 8.19. The lowest BCUT2D eigenvalue weighted by Crippen LogP contribution is -2.23. The van der Waals surface area contributed by atoms with Crippen molar-refractivity contribution in [2.45, 2.75) is 20.0 Å². The summed E-state index contributed by atoms with van der Waals surface area (Å²) < 4.78 is 15.3. The molecule has 0 fully saturated rings. The molecule has 0 aliphatic heterocycles. The van der Waals surface area contributed by atoms with Gasteiger partial charge in [-0.15, -0.1) is 11.3 Å². The molecular formula is C22H17ClFN3O2S. The fourth-order valence-corrected chi connectivity index (χ4v) is 4.45. The van der Waals surface area contributed by atoms with E-state index in [1.54, 1.807) is 31.2 Å². The van der Waals surface area contributed by atoms with Gasteiger partial charge in [-0.2, -0.15) is 0 Å². The SMILES string of the molecule is Cc1c(C(=O)NCc2ccccc2Cl)sc2ncn(Cc3ccccc3F)c(=O)c12. The maximum atomic E-state index is 14.0. The first-order valence-electron chi connectivity index (χ1n) is 9.19. The molecule has 0 unspecified atom stereocenters. The van der Waals surface area contributed by atoms with Gasteiger partial charge in [0, 0.05) is 17.1 Å². The summed E-state index contributed by atoms with van der Waals surface area (Å²) in [5.74, 6) is -0.679. The van der Waals surface area contributed by atoms with Gasteiger partial charge in [0.25, 0.3) is 11.5 Å². The van der Waals surface area contributed by atoms with Crippen LogP contribution in [0.15, 0.2) is 59.7 Å². The maximum Gasteiger partial charge on any atom is 0.262 e. The molecule has 2 aromatic heterocycles. The van der Waals surface area contributed by atoms with Crippen LogP contribution < -0.4 is 10.9 Å². The van der Waals surface area contributed by atoms with Crippen LogP contribution in [0.4, 0.5) is 4.39 Å². The number of halogens is 2. The Morgan fingerprint density at radius 3 is 2.60 bits per heavy atom. The number of hydrogen-bond acceptors (Lipinski definition) is 4. The lowest BCUT2D eigenvalue weighted by atomic mass is 10.2. The summed E-state index contributed by atoms with van der Waals surface area (Å²) >= 11 is 7.30. The minimum atomic E-state index is -0.383. The van der Waals surface area contributed by atoms with Crippen LogP contribution in [0.25, 0.3) is 10.2 Å². The summed E-state index contributed by atoms with van der Waals surface area (Å²) in [5, 5.41) is 3.79. The van der Waals surface area contributed by atoms with Gasteiger partial charge in [-0.1, -0.05) is 48.0 Å². The molecule has 152 valence electrons. The molecule has 2 aromatic carbocycles. The molecule has 0 saturated carbocycles. The Balaban J connectivity index is 1.63. The van der Waals surface area contributed by atoms with E-state index >= 15 is 0 Å². The number of aryl methyl sites for hydroxylation is 1. The predicted octanol–water partition coefficient (Wildman–Crippen LogP) is 4.54. The minimum absolute atomic E-state index is 0.0672. The van der Waals surface area contributed by atoms with Crippen LogP contribution in [0.5, 0.6) is 0 Å². The van der Waals surface area contributed by atoms with E-state index in [0.29, 0.717) is 31.2 Å². The van der Waals surface area contributed by atoms with Gasteiger partial charge >= 0.3 is 0 Å². The fraction of sp³-hybridized carbons (Fsp3) is 0.136. The molecule has 1 N–H and O–H groups in total. The molecule has 0 saturated heterocycles. The van der Waals surface area contributed by atoms with E-state index in [1.165, 1.54) is 17.0 Å². The Bertz CT molecular complexity index is 1320. The fourth-order valence-electron chi connectivity index (χ4n) is 3.20. The van der Waals surface area contributed by atoms with Gasteiger partial charge in [0.1, 0.15) is 10.6 Å². The number of benzene rings is 2. The van der Waals surface area contributed by atoms with Crippen LogP contribution in [-0.4, -0.2) is 15.5 Å². The van der Waals surface area contributed by atoms with Crippen LogP contribution in [0.3, 0.4) is 0 Å². The maximum absolute atomic E-state index is 14.0. The van der Waals surface area contributed by atoms with Crippen molar-refractivity contribution in [3.8, 4) is 0 Å². The molecule has 0 spiro atoms. The van der Waals surface area contributed by atoms with Crippen molar-refractivity contribution in [2.24, 2.45) is 0 Å². The van der Waals surface area contributed by atoms with E-state index in [1.807, 2.05) is 18.2 Å². The van der Waals surface area contributed by atoms with Gasteiger partial charge in [0.05, 0.1) is 23.1 Å². The number of fused-ring (bicyclic) bond motifs is 1. The monoisotopic (exact) mass is 441 g/mol. The van der Waals surface area contributed by atoms with Crippen LogP contribution in [0, 0.1) is 12.7 Å². The Hall–Kier alpha value is -3.03. The number of aromatic nitrogens is 2. The minimum Gasteiger partial charge on any atom is -0.347 e. The Morgan fingerprint density at radius 2 is 1.87 bits per heavy atom. The Kier molecular flexibility index (Phi) is 5.65. The van der Waals surface area contributed by atoms with Gasteiger partial charge in [-0.3, -0.25) is 14.2 Å². The predicted molar refractivity (Wildman–Crippen MR) is 117 cm³/mol. The molecular weight excluding hydrogens is 425 g/mol. The highest BCUT2D eigenvalue weighted by atomic mass is 35.5. The number of carbonyl (C=O) groups is 1. The molecule has 4 aromatic rings. The summed E-state index contributed by atoms with van der Waals surface area (Å²) in [6.45, 7) is 2.06. The van der Waals surface area contributed by atoms with Gasteiger partial charge in [0.15, 0.2) is 0 Å². The average molecular weight is 442 g/mol.